The van der Waals surface area contributed by atoms with Gasteiger partial charge in [0.15, 0.2) is 0 Å². The van der Waals surface area contributed by atoms with Crippen molar-refractivity contribution in [2.75, 3.05) is 6.54 Å². The van der Waals surface area contributed by atoms with Crippen molar-refractivity contribution in [1.82, 2.24) is 10.3 Å². The van der Waals surface area contributed by atoms with E-state index in [-0.39, 0.29) is 0 Å². The van der Waals surface area contributed by atoms with Crippen LogP contribution < -0.4 is 5.32 Å². The van der Waals surface area contributed by atoms with Crippen LogP contribution in [0.1, 0.15) is 11.3 Å². The molecule has 3 rings (SSSR count). The van der Waals surface area contributed by atoms with Crippen molar-refractivity contribution in [3.8, 4) is 0 Å². The molecule has 1 N–H and O–H groups in total. The molecule has 76 valence electrons. The van der Waals surface area contributed by atoms with Gasteiger partial charge in [0.2, 0.25) is 0 Å². The summed E-state index contributed by atoms with van der Waals surface area (Å²) in [7, 11) is 0. The van der Waals surface area contributed by atoms with Crippen molar-refractivity contribution < 1.29 is 0 Å². The fourth-order valence-corrected chi connectivity index (χ4v) is 2.51. The summed E-state index contributed by atoms with van der Waals surface area (Å²) < 4.78 is 1.08. The molecule has 0 bridgehead atoms. The van der Waals surface area contributed by atoms with Crippen molar-refractivity contribution in [1.29, 1.82) is 0 Å². The van der Waals surface area contributed by atoms with Crippen LogP contribution in [0.2, 0.25) is 0 Å². The smallest absolute Gasteiger partial charge is 0.0848 e. The summed E-state index contributed by atoms with van der Waals surface area (Å²) in [5.74, 6) is 0. The van der Waals surface area contributed by atoms with Crippen molar-refractivity contribution in [3.05, 3.63) is 40.0 Å². The lowest BCUT2D eigenvalue weighted by Crippen LogP contribution is -2.24. The number of para-hydroxylation sites is 1. The van der Waals surface area contributed by atoms with Gasteiger partial charge in [-0.05, 0) is 46.6 Å². The zero-order valence-electron chi connectivity index (χ0n) is 8.26. The van der Waals surface area contributed by atoms with Crippen LogP contribution in [0.25, 0.3) is 10.9 Å². The minimum atomic E-state index is 0.895. The van der Waals surface area contributed by atoms with Crippen LogP contribution in [0.5, 0.6) is 0 Å². The lowest BCUT2D eigenvalue weighted by molar-refractivity contribution is 0.630. The molecule has 0 saturated carbocycles. The average molecular weight is 263 g/mol. The molecule has 15 heavy (non-hydrogen) atoms. The largest absolute Gasteiger partial charge is 0.311 e. The van der Waals surface area contributed by atoms with E-state index in [4.69, 9.17) is 4.98 Å². The summed E-state index contributed by atoms with van der Waals surface area (Å²) in [5, 5.41) is 4.57. The van der Waals surface area contributed by atoms with E-state index in [0.717, 1.165) is 29.5 Å². The number of aromatic nitrogens is 1. The summed E-state index contributed by atoms with van der Waals surface area (Å²) in [6, 6.07) is 8.48. The molecule has 0 spiro atoms. The highest BCUT2D eigenvalue weighted by molar-refractivity contribution is 9.10. The second-order valence-corrected chi connectivity index (χ2v) is 4.69. The first kappa shape index (κ1) is 9.31. The number of benzene rings is 1. The molecule has 2 aromatic rings. The quantitative estimate of drug-likeness (QED) is 0.790. The molecule has 0 atom stereocenters. The van der Waals surface area contributed by atoms with Gasteiger partial charge in [0.1, 0.15) is 0 Å². The third kappa shape index (κ3) is 1.56. The fourth-order valence-electron chi connectivity index (χ4n) is 2.04. The number of fused-ring (bicyclic) bond motifs is 2. The SMILES string of the molecule is Brc1cccc2cc3c(nc12)CNCC3. The number of halogens is 1. The highest BCUT2D eigenvalue weighted by Gasteiger charge is 2.11. The van der Waals surface area contributed by atoms with Gasteiger partial charge in [0.25, 0.3) is 0 Å². The number of rotatable bonds is 0. The van der Waals surface area contributed by atoms with Crippen molar-refractivity contribution in [3.63, 3.8) is 0 Å². The van der Waals surface area contributed by atoms with Gasteiger partial charge in [-0.25, -0.2) is 4.98 Å². The highest BCUT2D eigenvalue weighted by Crippen LogP contribution is 2.25. The molecule has 2 heterocycles. The maximum absolute atomic E-state index is 4.71. The Morgan fingerprint density at radius 2 is 2.27 bits per heavy atom. The van der Waals surface area contributed by atoms with Crippen LogP contribution in [0.4, 0.5) is 0 Å². The Morgan fingerprint density at radius 1 is 1.33 bits per heavy atom. The van der Waals surface area contributed by atoms with Crippen LogP contribution >= 0.6 is 15.9 Å². The average Bonchev–Trinajstić information content (AvgIpc) is 2.27. The van der Waals surface area contributed by atoms with E-state index in [1.54, 1.807) is 0 Å². The van der Waals surface area contributed by atoms with Crippen LogP contribution in [-0.2, 0) is 13.0 Å². The summed E-state index contributed by atoms with van der Waals surface area (Å²) in [4.78, 5) is 4.71. The maximum atomic E-state index is 4.71. The van der Waals surface area contributed by atoms with Gasteiger partial charge in [-0.1, -0.05) is 12.1 Å². The minimum Gasteiger partial charge on any atom is -0.311 e. The van der Waals surface area contributed by atoms with E-state index in [1.165, 1.54) is 16.6 Å². The first-order chi connectivity index (χ1) is 7.34. The standard InChI is InChI=1S/C12H11BrN2/c13-10-3-1-2-9-6-8-4-5-14-7-11(8)15-12(9)10/h1-3,6,14H,4-5,7H2. The summed E-state index contributed by atoms with van der Waals surface area (Å²) in [6.07, 6.45) is 1.09. The molecule has 0 fully saturated rings. The van der Waals surface area contributed by atoms with E-state index in [2.05, 4.69) is 39.4 Å². The molecule has 0 saturated heterocycles. The fraction of sp³-hybridized carbons (Fsp3) is 0.250. The molecular weight excluding hydrogens is 252 g/mol. The number of hydrogen-bond acceptors (Lipinski definition) is 2. The number of pyridine rings is 1. The second kappa shape index (κ2) is 3.58. The molecule has 0 radical (unpaired) electrons. The topological polar surface area (TPSA) is 24.9 Å². The monoisotopic (exact) mass is 262 g/mol. The van der Waals surface area contributed by atoms with Crippen LogP contribution in [0.15, 0.2) is 28.7 Å². The summed E-state index contributed by atoms with van der Waals surface area (Å²) in [5.41, 5.74) is 3.65. The normalized spacial score (nSPS) is 15.3. The Morgan fingerprint density at radius 3 is 3.20 bits per heavy atom. The summed E-state index contributed by atoms with van der Waals surface area (Å²) >= 11 is 3.54. The molecule has 3 heteroatoms. The van der Waals surface area contributed by atoms with Gasteiger partial charge in [0.05, 0.1) is 11.2 Å². The van der Waals surface area contributed by atoms with Crippen molar-refractivity contribution in [2.45, 2.75) is 13.0 Å². The Bertz CT molecular complexity index is 522. The molecule has 1 aliphatic heterocycles. The van der Waals surface area contributed by atoms with Gasteiger partial charge in [0, 0.05) is 16.4 Å². The third-order valence-corrected chi connectivity index (χ3v) is 3.47. The highest BCUT2D eigenvalue weighted by atomic mass is 79.9. The molecule has 1 aromatic heterocycles. The zero-order valence-corrected chi connectivity index (χ0v) is 9.84. The summed E-state index contributed by atoms with van der Waals surface area (Å²) in [6.45, 7) is 1.96. The molecule has 0 amide bonds. The number of nitrogens with one attached hydrogen (secondary N) is 1. The number of nitrogens with zero attached hydrogens (tertiary/aromatic N) is 1. The van der Waals surface area contributed by atoms with Crippen LogP contribution in [0.3, 0.4) is 0 Å². The second-order valence-electron chi connectivity index (χ2n) is 3.83. The van der Waals surface area contributed by atoms with Crippen LogP contribution in [-0.4, -0.2) is 11.5 Å². The Labute approximate surface area is 96.8 Å². The predicted octanol–water partition coefficient (Wildman–Crippen LogP) is 2.64. The molecule has 2 nitrogen and oxygen atoms in total. The minimum absolute atomic E-state index is 0.895. The lowest BCUT2D eigenvalue weighted by atomic mass is 10.0. The van der Waals surface area contributed by atoms with Gasteiger partial charge < -0.3 is 5.32 Å². The third-order valence-electron chi connectivity index (χ3n) is 2.83. The first-order valence-electron chi connectivity index (χ1n) is 5.12. The van der Waals surface area contributed by atoms with E-state index in [9.17, 15) is 0 Å². The van der Waals surface area contributed by atoms with Crippen molar-refractivity contribution in [2.24, 2.45) is 0 Å². The van der Waals surface area contributed by atoms with E-state index < -0.39 is 0 Å². The first-order valence-corrected chi connectivity index (χ1v) is 5.91. The van der Waals surface area contributed by atoms with E-state index in [0.29, 0.717) is 0 Å². The van der Waals surface area contributed by atoms with Gasteiger partial charge in [-0.2, -0.15) is 0 Å². The predicted molar refractivity (Wildman–Crippen MR) is 64.9 cm³/mol. The molecule has 1 aliphatic rings. The van der Waals surface area contributed by atoms with E-state index in [1.807, 2.05) is 6.07 Å². The molecular formula is C12H11BrN2. The Hall–Kier alpha value is -0.930. The molecule has 0 unspecified atom stereocenters. The molecule has 0 aliphatic carbocycles. The number of hydrogen-bond donors (Lipinski definition) is 1. The lowest BCUT2D eigenvalue weighted by Gasteiger charge is -2.16. The van der Waals surface area contributed by atoms with Gasteiger partial charge >= 0.3 is 0 Å². The van der Waals surface area contributed by atoms with Gasteiger partial charge in [-0.3, -0.25) is 0 Å². The van der Waals surface area contributed by atoms with Crippen LogP contribution in [0, 0.1) is 0 Å². The maximum Gasteiger partial charge on any atom is 0.0848 e. The Kier molecular flexibility index (Phi) is 2.22. The zero-order chi connectivity index (χ0) is 10.3. The molecule has 1 aromatic carbocycles. The van der Waals surface area contributed by atoms with E-state index >= 15 is 0 Å². The Balaban J connectivity index is 2.31. The van der Waals surface area contributed by atoms with Crippen molar-refractivity contribution >= 4 is 26.8 Å². The van der Waals surface area contributed by atoms with Gasteiger partial charge in [-0.15, -0.1) is 0 Å².